The lowest BCUT2D eigenvalue weighted by atomic mass is 10.1. The van der Waals surface area contributed by atoms with Gasteiger partial charge in [0.1, 0.15) is 5.82 Å². The van der Waals surface area contributed by atoms with E-state index < -0.39 is 5.82 Å². The molecule has 3 rings (SSSR count). The summed E-state index contributed by atoms with van der Waals surface area (Å²) in [6.07, 6.45) is 0.703. The highest BCUT2D eigenvalue weighted by atomic mass is 35.5. The van der Waals surface area contributed by atoms with Gasteiger partial charge in [-0.15, -0.1) is 0 Å². The van der Waals surface area contributed by atoms with Crippen molar-refractivity contribution < 1.29 is 9.18 Å². The molecule has 0 spiro atoms. The first-order valence-electron chi connectivity index (χ1n) is 6.64. The fraction of sp³-hybridized carbons (Fsp3) is 0.188. The number of carbonyl (C=O) groups is 1. The van der Waals surface area contributed by atoms with Crippen LogP contribution in [-0.2, 0) is 6.42 Å². The van der Waals surface area contributed by atoms with Crippen LogP contribution < -0.4 is 10.6 Å². The van der Waals surface area contributed by atoms with Gasteiger partial charge in [-0.25, -0.2) is 4.39 Å². The van der Waals surface area contributed by atoms with Crippen molar-refractivity contribution in [1.82, 2.24) is 0 Å². The third kappa shape index (κ3) is 2.36. The van der Waals surface area contributed by atoms with Crippen LogP contribution in [-0.4, -0.2) is 11.9 Å². The van der Waals surface area contributed by atoms with Crippen molar-refractivity contribution in [2.45, 2.75) is 19.4 Å². The maximum Gasteiger partial charge on any atom is 0.261 e. The summed E-state index contributed by atoms with van der Waals surface area (Å²) in [7, 11) is 0. The van der Waals surface area contributed by atoms with E-state index in [4.69, 9.17) is 17.3 Å². The lowest BCUT2D eigenvalue weighted by molar-refractivity contribution is 0.0977. The molecule has 0 radical (unpaired) electrons. The largest absolute Gasteiger partial charge is 0.399 e. The highest BCUT2D eigenvalue weighted by molar-refractivity contribution is 6.31. The van der Waals surface area contributed by atoms with Crippen molar-refractivity contribution in [2.75, 3.05) is 10.6 Å². The Labute approximate surface area is 127 Å². The second-order valence-corrected chi connectivity index (χ2v) is 5.68. The first kappa shape index (κ1) is 13.9. The number of hydrogen-bond donors (Lipinski definition) is 1. The Balaban J connectivity index is 2.05. The van der Waals surface area contributed by atoms with Gasteiger partial charge in [-0.1, -0.05) is 11.6 Å². The maximum absolute atomic E-state index is 13.9. The number of nitrogens with two attached hydrogens (primary N) is 1. The Hall–Kier alpha value is -2.07. The molecule has 2 N–H and O–H groups in total. The molecule has 108 valence electrons. The third-order valence-electron chi connectivity index (χ3n) is 3.70. The molecule has 0 bridgehead atoms. The zero-order valence-electron chi connectivity index (χ0n) is 11.4. The van der Waals surface area contributed by atoms with E-state index in [1.807, 2.05) is 13.0 Å². The normalized spacial score (nSPS) is 16.9. The van der Waals surface area contributed by atoms with Crippen LogP contribution >= 0.6 is 11.6 Å². The van der Waals surface area contributed by atoms with Gasteiger partial charge < -0.3 is 10.6 Å². The van der Waals surface area contributed by atoms with Gasteiger partial charge in [0.2, 0.25) is 0 Å². The zero-order chi connectivity index (χ0) is 15.1. The summed E-state index contributed by atoms with van der Waals surface area (Å²) in [5.41, 5.74) is 8.19. The Morgan fingerprint density at radius 1 is 1.33 bits per heavy atom. The summed E-state index contributed by atoms with van der Waals surface area (Å²) in [5.74, 6) is -0.952. The van der Waals surface area contributed by atoms with Crippen molar-refractivity contribution in [1.29, 1.82) is 0 Å². The third-order valence-corrected chi connectivity index (χ3v) is 3.93. The molecule has 3 nitrogen and oxygen atoms in total. The van der Waals surface area contributed by atoms with Gasteiger partial charge in [-0.05, 0) is 55.3 Å². The van der Waals surface area contributed by atoms with Crippen LogP contribution in [0.2, 0.25) is 5.02 Å². The second kappa shape index (κ2) is 5.04. The molecule has 0 saturated carbocycles. The number of nitrogen functional groups attached to an aromatic ring is 1. The summed E-state index contributed by atoms with van der Waals surface area (Å²) in [4.78, 5) is 14.3. The van der Waals surface area contributed by atoms with Crippen LogP contribution in [0, 0.1) is 5.82 Å². The van der Waals surface area contributed by atoms with E-state index in [2.05, 4.69) is 0 Å². The maximum atomic E-state index is 13.9. The predicted octanol–water partition coefficient (Wildman–Crippen LogP) is 3.65. The van der Waals surface area contributed by atoms with Crippen LogP contribution in [0.25, 0.3) is 0 Å². The minimum absolute atomic E-state index is 0.0148. The number of rotatable bonds is 1. The minimum atomic E-state index is -0.569. The first-order chi connectivity index (χ1) is 9.97. The number of fused-ring (bicyclic) bond motifs is 1. The van der Waals surface area contributed by atoms with E-state index in [-0.39, 0.29) is 17.5 Å². The van der Waals surface area contributed by atoms with Crippen LogP contribution in [0.1, 0.15) is 22.8 Å². The van der Waals surface area contributed by atoms with Crippen molar-refractivity contribution in [3.05, 3.63) is 58.4 Å². The number of anilines is 2. The van der Waals surface area contributed by atoms with E-state index in [0.29, 0.717) is 17.1 Å². The molecule has 0 saturated heterocycles. The summed E-state index contributed by atoms with van der Waals surface area (Å²) in [5, 5.41) is 0.337. The summed E-state index contributed by atoms with van der Waals surface area (Å²) >= 11 is 5.87. The molecule has 0 fully saturated rings. The molecule has 0 aromatic heterocycles. The first-order valence-corrected chi connectivity index (χ1v) is 7.02. The van der Waals surface area contributed by atoms with E-state index in [9.17, 15) is 9.18 Å². The molecule has 1 unspecified atom stereocenters. The van der Waals surface area contributed by atoms with Gasteiger partial charge in [0.25, 0.3) is 5.91 Å². The van der Waals surface area contributed by atoms with Gasteiger partial charge in [0.05, 0.1) is 5.56 Å². The summed E-state index contributed by atoms with van der Waals surface area (Å²) in [6, 6.07) is 9.35. The van der Waals surface area contributed by atoms with Crippen LogP contribution in [0.5, 0.6) is 0 Å². The number of nitrogens with zero attached hydrogens (tertiary/aromatic N) is 1. The second-order valence-electron chi connectivity index (χ2n) is 5.24. The Morgan fingerprint density at radius 3 is 2.86 bits per heavy atom. The molecule has 2 aromatic rings. The monoisotopic (exact) mass is 304 g/mol. The molecule has 1 aliphatic rings. The van der Waals surface area contributed by atoms with Crippen molar-refractivity contribution in [3.8, 4) is 0 Å². The molecule has 1 heterocycles. The van der Waals surface area contributed by atoms with Crippen molar-refractivity contribution >= 4 is 28.9 Å². The average Bonchev–Trinajstić information content (AvgIpc) is 2.75. The molecule has 1 atom stereocenters. The molecule has 1 aliphatic heterocycles. The topological polar surface area (TPSA) is 46.3 Å². The number of halogens is 2. The van der Waals surface area contributed by atoms with Gasteiger partial charge in [0, 0.05) is 22.4 Å². The molecule has 0 aliphatic carbocycles. The van der Waals surface area contributed by atoms with Crippen molar-refractivity contribution in [2.24, 2.45) is 0 Å². The summed E-state index contributed by atoms with van der Waals surface area (Å²) in [6.45, 7) is 1.93. The molecular weight excluding hydrogens is 291 g/mol. The Morgan fingerprint density at radius 2 is 2.10 bits per heavy atom. The molecular formula is C16H14ClFN2O. The van der Waals surface area contributed by atoms with E-state index in [1.165, 1.54) is 18.2 Å². The number of hydrogen-bond acceptors (Lipinski definition) is 2. The lowest BCUT2D eigenvalue weighted by Crippen LogP contribution is -2.36. The van der Waals surface area contributed by atoms with Crippen LogP contribution in [0.4, 0.5) is 15.8 Å². The highest BCUT2D eigenvalue weighted by Gasteiger charge is 2.32. The van der Waals surface area contributed by atoms with Gasteiger partial charge >= 0.3 is 0 Å². The van der Waals surface area contributed by atoms with Crippen LogP contribution in [0.3, 0.4) is 0 Å². The Bertz CT molecular complexity index is 732. The van der Waals surface area contributed by atoms with Gasteiger partial charge in [-0.2, -0.15) is 0 Å². The lowest BCUT2D eigenvalue weighted by Gasteiger charge is -2.23. The van der Waals surface area contributed by atoms with Gasteiger partial charge in [-0.3, -0.25) is 4.79 Å². The molecule has 1 amide bonds. The Kier molecular flexibility index (Phi) is 3.33. The standard InChI is InChI=1S/C16H14ClFN2O/c1-9-6-10-7-12(19)3-5-15(10)20(9)16(21)13-8-11(17)2-4-14(13)18/h2-5,7-9H,6,19H2,1H3. The number of carbonyl (C=O) groups excluding carboxylic acids is 1. The van der Waals surface area contributed by atoms with Gasteiger partial charge in [0.15, 0.2) is 0 Å². The van der Waals surface area contributed by atoms with E-state index in [0.717, 1.165) is 11.3 Å². The predicted molar refractivity (Wildman–Crippen MR) is 82.2 cm³/mol. The summed E-state index contributed by atoms with van der Waals surface area (Å²) < 4.78 is 13.9. The SMILES string of the molecule is CC1Cc2cc(N)ccc2N1C(=O)c1cc(Cl)ccc1F. The van der Waals surface area contributed by atoms with Crippen molar-refractivity contribution in [3.63, 3.8) is 0 Å². The smallest absolute Gasteiger partial charge is 0.261 e. The molecule has 5 heteroatoms. The number of benzene rings is 2. The molecule has 21 heavy (non-hydrogen) atoms. The van der Waals surface area contributed by atoms with E-state index in [1.54, 1.807) is 17.0 Å². The van der Waals surface area contributed by atoms with E-state index >= 15 is 0 Å². The number of amides is 1. The fourth-order valence-electron chi connectivity index (χ4n) is 2.75. The fourth-order valence-corrected chi connectivity index (χ4v) is 2.92. The quantitative estimate of drug-likeness (QED) is 0.817. The minimum Gasteiger partial charge on any atom is -0.399 e. The highest BCUT2D eigenvalue weighted by Crippen LogP contribution is 2.35. The average molecular weight is 305 g/mol. The zero-order valence-corrected chi connectivity index (χ0v) is 12.2. The van der Waals surface area contributed by atoms with Crippen LogP contribution in [0.15, 0.2) is 36.4 Å². The molecule has 2 aromatic carbocycles.